The molecule has 0 aliphatic rings. The predicted octanol–water partition coefficient (Wildman–Crippen LogP) is 4.82. The summed E-state index contributed by atoms with van der Waals surface area (Å²) in [6.45, 7) is 3.84. The predicted molar refractivity (Wildman–Crippen MR) is 117 cm³/mol. The Morgan fingerprint density at radius 1 is 0.871 bits per heavy atom. The molecule has 1 atom stereocenters. The van der Waals surface area contributed by atoms with Crippen molar-refractivity contribution >= 4 is 23.3 Å². The van der Waals surface area contributed by atoms with Crippen molar-refractivity contribution in [3.63, 3.8) is 0 Å². The Bertz CT molecular complexity index is 1060. The minimum absolute atomic E-state index is 0.113. The number of benzene rings is 3. The van der Waals surface area contributed by atoms with Gasteiger partial charge in [-0.2, -0.15) is 0 Å². The standard InChI is InChI=1S/C25H23NO5/c1-3-30-22-14-12-19(13-15-22)25(29)31-23(18-8-5-4-6-9-18)24(28)26-21-11-7-10-20(16-21)17(2)27/h4-16,23H,3H2,1-2H3,(H,26,28)/t23-/m0/s1. The van der Waals surface area contributed by atoms with Crippen molar-refractivity contribution in [3.05, 3.63) is 95.6 Å². The highest BCUT2D eigenvalue weighted by atomic mass is 16.5. The van der Waals surface area contributed by atoms with Crippen molar-refractivity contribution in [2.75, 3.05) is 11.9 Å². The Morgan fingerprint density at radius 2 is 1.58 bits per heavy atom. The highest BCUT2D eigenvalue weighted by molar-refractivity contribution is 6.00. The van der Waals surface area contributed by atoms with Crippen molar-refractivity contribution in [2.24, 2.45) is 0 Å². The van der Waals surface area contributed by atoms with E-state index in [0.29, 0.717) is 34.7 Å². The summed E-state index contributed by atoms with van der Waals surface area (Å²) >= 11 is 0. The number of amides is 1. The van der Waals surface area contributed by atoms with Crippen LogP contribution < -0.4 is 10.1 Å². The van der Waals surface area contributed by atoms with E-state index in [1.54, 1.807) is 72.8 Å². The minimum atomic E-state index is -1.17. The third-order valence-electron chi connectivity index (χ3n) is 4.50. The summed E-state index contributed by atoms with van der Waals surface area (Å²) in [7, 11) is 0. The third kappa shape index (κ3) is 5.79. The molecule has 0 fully saturated rings. The molecule has 0 bridgehead atoms. The molecule has 3 aromatic rings. The summed E-state index contributed by atoms with van der Waals surface area (Å²) in [5.41, 5.74) is 1.74. The van der Waals surface area contributed by atoms with Crippen LogP contribution >= 0.6 is 0 Å². The molecule has 0 spiro atoms. The van der Waals surface area contributed by atoms with Crippen LogP contribution in [0, 0.1) is 0 Å². The summed E-state index contributed by atoms with van der Waals surface area (Å²) in [4.78, 5) is 37.3. The Balaban J connectivity index is 1.81. The fourth-order valence-electron chi connectivity index (χ4n) is 2.95. The number of esters is 1. The van der Waals surface area contributed by atoms with E-state index in [-0.39, 0.29) is 5.78 Å². The molecule has 1 amide bonds. The Morgan fingerprint density at radius 3 is 2.23 bits per heavy atom. The lowest BCUT2D eigenvalue weighted by molar-refractivity contribution is -0.125. The monoisotopic (exact) mass is 417 g/mol. The average Bonchev–Trinajstić information content (AvgIpc) is 2.78. The molecule has 6 heteroatoms. The number of carbonyl (C=O) groups excluding carboxylic acids is 3. The number of anilines is 1. The molecule has 158 valence electrons. The SMILES string of the molecule is CCOc1ccc(C(=O)O[C@H](C(=O)Nc2cccc(C(C)=O)c2)c2ccccc2)cc1. The van der Waals surface area contributed by atoms with Crippen LogP contribution in [0.4, 0.5) is 5.69 Å². The van der Waals surface area contributed by atoms with Gasteiger partial charge < -0.3 is 14.8 Å². The highest BCUT2D eigenvalue weighted by Gasteiger charge is 2.26. The smallest absolute Gasteiger partial charge is 0.339 e. The van der Waals surface area contributed by atoms with Crippen LogP contribution in [0.5, 0.6) is 5.75 Å². The topological polar surface area (TPSA) is 81.7 Å². The maximum atomic E-state index is 13.0. The van der Waals surface area contributed by atoms with E-state index in [4.69, 9.17) is 9.47 Å². The molecule has 0 aliphatic heterocycles. The van der Waals surface area contributed by atoms with Crippen LogP contribution in [0.2, 0.25) is 0 Å². The lowest BCUT2D eigenvalue weighted by Crippen LogP contribution is -2.26. The molecular weight excluding hydrogens is 394 g/mol. The van der Waals surface area contributed by atoms with Gasteiger partial charge in [0.2, 0.25) is 6.10 Å². The number of hydrogen-bond acceptors (Lipinski definition) is 5. The van der Waals surface area contributed by atoms with Crippen LogP contribution in [0.3, 0.4) is 0 Å². The minimum Gasteiger partial charge on any atom is -0.494 e. The summed E-state index contributed by atoms with van der Waals surface area (Å²) in [5.74, 6) is -0.630. The lowest BCUT2D eigenvalue weighted by atomic mass is 10.1. The van der Waals surface area contributed by atoms with Gasteiger partial charge in [-0.1, -0.05) is 42.5 Å². The molecule has 0 aliphatic carbocycles. The second-order valence-corrected chi connectivity index (χ2v) is 6.78. The number of carbonyl (C=O) groups is 3. The molecular formula is C25H23NO5. The van der Waals surface area contributed by atoms with Gasteiger partial charge in [0.1, 0.15) is 5.75 Å². The zero-order valence-electron chi connectivity index (χ0n) is 17.3. The van der Waals surface area contributed by atoms with E-state index >= 15 is 0 Å². The summed E-state index contributed by atoms with van der Waals surface area (Å²) < 4.78 is 11.0. The first-order chi connectivity index (χ1) is 15.0. The van der Waals surface area contributed by atoms with Gasteiger partial charge in [0, 0.05) is 16.8 Å². The van der Waals surface area contributed by atoms with Crippen molar-refractivity contribution in [2.45, 2.75) is 20.0 Å². The van der Waals surface area contributed by atoms with Crippen LogP contribution in [0.1, 0.15) is 46.2 Å². The van der Waals surface area contributed by atoms with Gasteiger partial charge in [-0.15, -0.1) is 0 Å². The van der Waals surface area contributed by atoms with Gasteiger partial charge in [-0.25, -0.2) is 4.79 Å². The molecule has 0 aromatic heterocycles. The molecule has 0 radical (unpaired) electrons. The molecule has 0 unspecified atom stereocenters. The largest absolute Gasteiger partial charge is 0.494 e. The number of hydrogen-bond donors (Lipinski definition) is 1. The van der Waals surface area contributed by atoms with Gasteiger partial charge >= 0.3 is 5.97 Å². The Kier molecular flexibility index (Phi) is 7.17. The number of ketones is 1. The van der Waals surface area contributed by atoms with Gasteiger partial charge in [-0.05, 0) is 50.2 Å². The van der Waals surface area contributed by atoms with Crippen LogP contribution in [0.15, 0.2) is 78.9 Å². The van der Waals surface area contributed by atoms with Gasteiger partial charge in [0.05, 0.1) is 12.2 Å². The molecule has 6 nitrogen and oxygen atoms in total. The number of rotatable bonds is 8. The van der Waals surface area contributed by atoms with E-state index in [1.165, 1.54) is 6.92 Å². The average molecular weight is 417 g/mol. The van der Waals surface area contributed by atoms with Crippen LogP contribution in [-0.2, 0) is 9.53 Å². The van der Waals surface area contributed by atoms with Crippen LogP contribution in [-0.4, -0.2) is 24.3 Å². The highest BCUT2D eigenvalue weighted by Crippen LogP contribution is 2.23. The van der Waals surface area contributed by atoms with Gasteiger partial charge in [0.25, 0.3) is 5.91 Å². The molecule has 31 heavy (non-hydrogen) atoms. The Hall–Kier alpha value is -3.93. The first kappa shape index (κ1) is 21.8. The molecule has 0 saturated heterocycles. The normalized spacial score (nSPS) is 11.3. The second-order valence-electron chi connectivity index (χ2n) is 6.78. The van der Waals surface area contributed by atoms with Crippen molar-refractivity contribution in [1.29, 1.82) is 0 Å². The second kappa shape index (κ2) is 10.2. The van der Waals surface area contributed by atoms with E-state index in [2.05, 4.69) is 5.32 Å². The van der Waals surface area contributed by atoms with Gasteiger partial charge in [0.15, 0.2) is 5.78 Å². The van der Waals surface area contributed by atoms with E-state index in [9.17, 15) is 14.4 Å². The molecule has 0 saturated carbocycles. The number of nitrogens with one attached hydrogen (secondary N) is 1. The zero-order valence-corrected chi connectivity index (χ0v) is 17.3. The van der Waals surface area contributed by atoms with E-state index in [0.717, 1.165) is 0 Å². The van der Waals surface area contributed by atoms with Crippen molar-refractivity contribution < 1.29 is 23.9 Å². The van der Waals surface area contributed by atoms with E-state index in [1.807, 2.05) is 13.0 Å². The van der Waals surface area contributed by atoms with E-state index < -0.39 is 18.0 Å². The molecule has 1 N–H and O–H groups in total. The first-order valence-electron chi connectivity index (χ1n) is 9.88. The maximum absolute atomic E-state index is 13.0. The zero-order chi connectivity index (χ0) is 22.2. The first-order valence-corrected chi connectivity index (χ1v) is 9.88. The molecule has 3 aromatic carbocycles. The summed E-state index contributed by atoms with van der Waals surface area (Å²) in [5, 5.41) is 2.73. The number of Topliss-reactive ketones (excluding diaryl/α,β-unsaturated/α-hetero) is 1. The molecule has 3 rings (SSSR count). The number of ether oxygens (including phenoxy) is 2. The van der Waals surface area contributed by atoms with Crippen molar-refractivity contribution in [1.82, 2.24) is 0 Å². The third-order valence-corrected chi connectivity index (χ3v) is 4.50. The van der Waals surface area contributed by atoms with Gasteiger partial charge in [-0.3, -0.25) is 9.59 Å². The summed E-state index contributed by atoms with van der Waals surface area (Å²) in [6.07, 6.45) is -1.17. The fraction of sp³-hybridized carbons (Fsp3) is 0.160. The van der Waals surface area contributed by atoms with Crippen molar-refractivity contribution in [3.8, 4) is 5.75 Å². The Labute approximate surface area is 180 Å². The van der Waals surface area contributed by atoms with Crippen LogP contribution in [0.25, 0.3) is 0 Å². The maximum Gasteiger partial charge on any atom is 0.339 e. The molecule has 0 heterocycles. The summed E-state index contributed by atoms with van der Waals surface area (Å²) in [6, 6.07) is 21.9. The lowest BCUT2D eigenvalue weighted by Gasteiger charge is -2.18. The fourth-order valence-corrected chi connectivity index (χ4v) is 2.95. The quantitative estimate of drug-likeness (QED) is 0.420.